The van der Waals surface area contributed by atoms with Crippen molar-refractivity contribution in [2.45, 2.75) is 30.4 Å². The molecule has 2 aliphatic rings. The fourth-order valence-electron chi connectivity index (χ4n) is 3.86. The van der Waals surface area contributed by atoms with E-state index in [9.17, 15) is 26.4 Å². The molecule has 0 radical (unpaired) electrons. The van der Waals surface area contributed by atoms with Gasteiger partial charge in [-0.05, 0) is 23.8 Å². The van der Waals surface area contributed by atoms with Crippen molar-refractivity contribution >= 4 is 15.8 Å². The van der Waals surface area contributed by atoms with Crippen molar-refractivity contribution in [2.75, 3.05) is 13.1 Å². The summed E-state index contributed by atoms with van der Waals surface area (Å²) in [5.41, 5.74) is -1.29. The minimum absolute atomic E-state index is 0.00559. The lowest BCUT2D eigenvalue weighted by Gasteiger charge is -2.34. The predicted molar refractivity (Wildman–Crippen MR) is 99.0 cm³/mol. The average Bonchev–Trinajstić information content (AvgIpc) is 3.05. The van der Waals surface area contributed by atoms with Crippen LogP contribution < -0.4 is 4.74 Å². The number of carbonyl (C=O) groups excluding carboxylic acids is 1. The summed E-state index contributed by atoms with van der Waals surface area (Å²) >= 11 is 0. The van der Waals surface area contributed by atoms with Crippen LogP contribution in [-0.4, -0.2) is 37.2 Å². The smallest absolute Gasteiger partial charge is 0.416 e. The Morgan fingerprint density at radius 3 is 2.62 bits per heavy atom. The summed E-state index contributed by atoms with van der Waals surface area (Å²) in [5.74, 6) is -0.220. The molecule has 0 amide bonds. The molecule has 0 aliphatic carbocycles. The molecule has 5 nitrogen and oxygen atoms in total. The highest BCUT2D eigenvalue weighted by atomic mass is 32.2. The van der Waals surface area contributed by atoms with Crippen molar-refractivity contribution in [3.8, 4) is 5.75 Å². The summed E-state index contributed by atoms with van der Waals surface area (Å²) in [4.78, 5) is 12.5. The molecule has 1 spiro atoms. The number of ketones is 1. The average molecular weight is 425 g/mol. The first-order valence-electron chi connectivity index (χ1n) is 9.03. The summed E-state index contributed by atoms with van der Waals surface area (Å²) in [7, 11) is -3.87. The van der Waals surface area contributed by atoms with Crippen LogP contribution in [0.1, 0.15) is 34.3 Å². The molecule has 2 aliphatic heterocycles. The maximum absolute atomic E-state index is 12.9. The molecule has 1 unspecified atom stereocenters. The normalized spacial score (nSPS) is 22.5. The van der Waals surface area contributed by atoms with E-state index in [0.29, 0.717) is 17.7 Å². The number of nitrogens with zero attached hydrogens (tertiary/aromatic N) is 1. The van der Waals surface area contributed by atoms with E-state index < -0.39 is 33.1 Å². The van der Waals surface area contributed by atoms with Gasteiger partial charge in [0.1, 0.15) is 11.4 Å². The van der Waals surface area contributed by atoms with Gasteiger partial charge in [0.05, 0.1) is 29.8 Å². The number of hydrogen-bond donors (Lipinski definition) is 0. The second kappa shape index (κ2) is 6.84. The van der Waals surface area contributed by atoms with Crippen LogP contribution in [0.2, 0.25) is 0 Å². The molecule has 0 N–H and O–H groups in total. The molecular weight excluding hydrogens is 407 g/mol. The number of carbonyl (C=O) groups is 1. The minimum atomic E-state index is -4.54. The Hall–Kier alpha value is -2.39. The third-order valence-electron chi connectivity index (χ3n) is 5.27. The van der Waals surface area contributed by atoms with Crippen molar-refractivity contribution < 1.29 is 31.1 Å². The summed E-state index contributed by atoms with van der Waals surface area (Å²) in [6.07, 6.45) is -4.13. The van der Waals surface area contributed by atoms with Gasteiger partial charge in [0.2, 0.25) is 10.0 Å². The SMILES string of the molecule is O=C1CC2(CCN(S(=O)(=O)Cc3cccc(C(F)(F)F)c3)C2)Oc2ccccc21. The number of para-hydroxylation sites is 1. The Balaban J connectivity index is 1.53. The Kier molecular flexibility index (Phi) is 4.70. The molecule has 0 bridgehead atoms. The molecule has 0 aromatic heterocycles. The molecule has 1 saturated heterocycles. The molecule has 2 heterocycles. The fourth-order valence-corrected chi connectivity index (χ4v) is 5.44. The Labute approximate surface area is 166 Å². The molecule has 9 heteroatoms. The number of halogens is 3. The maximum Gasteiger partial charge on any atom is 0.416 e. The van der Waals surface area contributed by atoms with Gasteiger partial charge in [-0.1, -0.05) is 30.3 Å². The minimum Gasteiger partial charge on any atom is -0.485 e. The van der Waals surface area contributed by atoms with E-state index in [1.54, 1.807) is 24.3 Å². The largest absolute Gasteiger partial charge is 0.485 e. The van der Waals surface area contributed by atoms with Crippen molar-refractivity contribution in [3.63, 3.8) is 0 Å². The van der Waals surface area contributed by atoms with E-state index in [1.165, 1.54) is 16.4 Å². The molecule has 1 fully saturated rings. The molecule has 4 rings (SSSR count). The number of hydrogen-bond acceptors (Lipinski definition) is 4. The van der Waals surface area contributed by atoms with Crippen LogP contribution in [0.4, 0.5) is 13.2 Å². The van der Waals surface area contributed by atoms with Gasteiger partial charge in [-0.15, -0.1) is 0 Å². The highest BCUT2D eigenvalue weighted by molar-refractivity contribution is 7.88. The zero-order chi connectivity index (χ0) is 20.9. The lowest BCUT2D eigenvalue weighted by molar-refractivity contribution is -0.137. The van der Waals surface area contributed by atoms with Gasteiger partial charge in [0.15, 0.2) is 5.78 Å². The Morgan fingerprint density at radius 2 is 1.86 bits per heavy atom. The number of benzene rings is 2. The van der Waals surface area contributed by atoms with Gasteiger partial charge in [-0.3, -0.25) is 4.79 Å². The zero-order valence-electron chi connectivity index (χ0n) is 15.3. The summed E-state index contributed by atoms with van der Waals surface area (Å²) in [5, 5.41) is 0. The number of ether oxygens (including phenoxy) is 1. The number of fused-ring (bicyclic) bond motifs is 1. The van der Waals surface area contributed by atoms with E-state index >= 15 is 0 Å². The fraction of sp³-hybridized carbons (Fsp3) is 0.350. The van der Waals surface area contributed by atoms with E-state index in [-0.39, 0.29) is 30.9 Å². The van der Waals surface area contributed by atoms with Crippen LogP contribution in [0.5, 0.6) is 5.75 Å². The van der Waals surface area contributed by atoms with Gasteiger partial charge >= 0.3 is 6.18 Å². The first-order valence-corrected chi connectivity index (χ1v) is 10.6. The standard InChI is InChI=1S/C20H18F3NO4S/c21-20(22,23)15-5-3-4-14(10-15)12-29(26,27)24-9-8-19(13-24)11-17(25)16-6-1-2-7-18(16)28-19/h1-7,10H,8-9,11-13H2. The zero-order valence-corrected chi connectivity index (χ0v) is 16.1. The van der Waals surface area contributed by atoms with Crippen LogP contribution in [0.3, 0.4) is 0 Å². The first kappa shape index (κ1) is 19.9. The quantitative estimate of drug-likeness (QED) is 0.753. The van der Waals surface area contributed by atoms with Crippen molar-refractivity contribution in [1.82, 2.24) is 4.31 Å². The van der Waals surface area contributed by atoms with Gasteiger partial charge in [0, 0.05) is 13.0 Å². The van der Waals surface area contributed by atoms with Crippen molar-refractivity contribution in [3.05, 3.63) is 65.2 Å². The monoisotopic (exact) mass is 425 g/mol. The number of alkyl halides is 3. The molecule has 2 aromatic rings. The van der Waals surface area contributed by atoms with Crippen LogP contribution in [-0.2, 0) is 22.0 Å². The second-order valence-electron chi connectivity index (χ2n) is 7.42. The summed E-state index contributed by atoms with van der Waals surface area (Å²) in [6.45, 7) is 0.144. The van der Waals surface area contributed by atoms with Crippen LogP contribution in [0.25, 0.3) is 0 Å². The van der Waals surface area contributed by atoms with Crippen LogP contribution >= 0.6 is 0 Å². The topological polar surface area (TPSA) is 63.7 Å². The van der Waals surface area contributed by atoms with E-state index in [0.717, 1.165) is 12.1 Å². The van der Waals surface area contributed by atoms with Gasteiger partial charge in [-0.2, -0.15) is 17.5 Å². The molecule has 154 valence electrons. The third-order valence-corrected chi connectivity index (χ3v) is 7.07. The number of sulfonamides is 1. The van der Waals surface area contributed by atoms with Crippen LogP contribution in [0.15, 0.2) is 48.5 Å². The third kappa shape index (κ3) is 3.89. The summed E-state index contributed by atoms with van der Waals surface area (Å²) in [6, 6.07) is 11.1. The van der Waals surface area contributed by atoms with Crippen LogP contribution in [0, 0.1) is 0 Å². The Bertz CT molecular complexity index is 1070. The highest BCUT2D eigenvalue weighted by Gasteiger charge is 2.48. The molecule has 1 atom stereocenters. The Morgan fingerprint density at radius 1 is 1.10 bits per heavy atom. The predicted octanol–water partition coefficient (Wildman–Crippen LogP) is 3.65. The van der Waals surface area contributed by atoms with Gasteiger partial charge in [0.25, 0.3) is 0 Å². The van der Waals surface area contributed by atoms with Gasteiger partial charge < -0.3 is 4.74 Å². The second-order valence-corrected chi connectivity index (χ2v) is 9.39. The van der Waals surface area contributed by atoms with E-state index in [2.05, 4.69) is 0 Å². The van der Waals surface area contributed by atoms with Crippen molar-refractivity contribution in [1.29, 1.82) is 0 Å². The lowest BCUT2D eigenvalue weighted by atomic mass is 9.89. The number of Topliss-reactive ketones (excluding diaryl/α,β-unsaturated/α-hetero) is 1. The molecule has 2 aromatic carbocycles. The van der Waals surface area contributed by atoms with E-state index in [4.69, 9.17) is 4.74 Å². The number of rotatable bonds is 3. The van der Waals surface area contributed by atoms with Crippen molar-refractivity contribution in [2.24, 2.45) is 0 Å². The van der Waals surface area contributed by atoms with Gasteiger partial charge in [-0.25, -0.2) is 8.42 Å². The maximum atomic E-state index is 12.9. The molecule has 0 saturated carbocycles. The summed E-state index contributed by atoms with van der Waals surface area (Å²) < 4.78 is 71.5. The molecular formula is C20H18F3NO4S. The molecule has 29 heavy (non-hydrogen) atoms. The highest BCUT2D eigenvalue weighted by Crippen LogP contribution is 2.39. The van der Waals surface area contributed by atoms with E-state index in [1.807, 2.05) is 0 Å². The lowest BCUT2D eigenvalue weighted by Crippen LogP contribution is -2.45. The first-order chi connectivity index (χ1) is 13.6.